The summed E-state index contributed by atoms with van der Waals surface area (Å²) in [5.41, 5.74) is 0.486. The lowest BCUT2D eigenvalue weighted by Gasteiger charge is -2.49. The molecule has 152 valence electrons. The van der Waals surface area contributed by atoms with Crippen LogP contribution in [-0.4, -0.2) is 86.1 Å². The fourth-order valence-electron chi connectivity index (χ4n) is 2.96. The Hall–Kier alpha value is -3.07. The van der Waals surface area contributed by atoms with Crippen LogP contribution >= 0.6 is 23.5 Å². The lowest BCUT2D eigenvalue weighted by atomic mass is 10.0. The number of amides is 1. The Kier molecular flexibility index (Phi) is 5.14. The number of nitrogens with zero attached hydrogens (tertiary/aromatic N) is 6. The quantitative estimate of drug-likeness (QED) is 0.301. The molecule has 1 saturated heterocycles. The molecule has 0 aliphatic carbocycles. The van der Waals surface area contributed by atoms with Crippen molar-refractivity contribution in [2.75, 3.05) is 16.8 Å². The number of fused-ring (bicyclic) bond motifs is 1. The third-order valence-electron chi connectivity index (χ3n) is 4.20. The summed E-state index contributed by atoms with van der Waals surface area (Å²) in [7, 11) is 0. The van der Waals surface area contributed by atoms with Gasteiger partial charge in [0.2, 0.25) is 11.1 Å². The number of anilines is 1. The van der Waals surface area contributed by atoms with Gasteiger partial charge in [0.1, 0.15) is 23.7 Å². The van der Waals surface area contributed by atoms with Gasteiger partial charge in [-0.2, -0.15) is 0 Å². The maximum Gasteiger partial charge on any atom is 0.352 e. The first-order valence-corrected chi connectivity index (χ1v) is 10.3. The molecule has 4 heterocycles. The molecule has 2 atom stereocenters. The van der Waals surface area contributed by atoms with Gasteiger partial charge in [-0.25, -0.2) is 14.5 Å². The molecule has 0 bridgehead atoms. The van der Waals surface area contributed by atoms with Crippen LogP contribution in [0.1, 0.15) is 0 Å². The van der Waals surface area contributed by atoms with Crippen LogP contribution in [0.4, 0.5) is 5.95 Å². The largest absolute Gasteiger partial charge is 0.480 e. The number of nitrogens with one attached hydrogen (secondary N) is 2. The minimum atomic E-state index is -1.19. The number of imidazole rings is 1. The van der Waals surface area contributed by atoms with E-state index in [0.717, 1.165) is 16.4 Å². The molecule has 1 amide bonds. The zero-order valence-corrected chi connectivity index (χ0v) is 16.2. The van der Waals surface area contributed by atoms with E-state index in [1.807, 2.05) is 0 Å². The van der Waals surface area contributed by atoms with Gasteiger partial charge in [-0.15, -0.1) is 16.9 Å². The van der Waals surface area contributed by atoms with Gasteiger partial charge in [0, 0.05) is 23.9 Å². The highest BCUT2D eigenvalue weighted by Gasteiger charge is 2.53. The highest BCUT2D eigenvalue weighted by atomic mass is 32.2. The highest BCUT2D eigenvalue weighted by Crippen LogP contribution is 2.42. The summed E-state index contributed by atoms with van der Waals surface area (Å²) < 4.78 is 1.12. The molecule has 0 spiro atoms. The Bertz CT molecular complexity index is 990. The van der Waals surface area contributed by atoms with Crippen LogP contribution in [-0.2, 0) is 20.9 Å². The van der Waals surface area contributed by atoms with E-state index >= 15 is 0 Å². The monoisotopic (exact) mass is 438 g/mol. The van der Waals surface area contributed by atoms with Gasteiger partial charge in [0.05, 0.1) is 0 Å². The van der Waals surface area contributed by atoms with Gasteiger partial charge in [0.15, 0.2) is 0 Å². The number of aromatic nitrogens is 6. The zero-order chi connectivity index (χ0) is 20.5. The van der Waals surface area contributed by atoms with E-state index in [1.165, 1.54) is 16.7 Å². The molecule has 4 N–H and O–H groups in total. The third-order valence-corrected chi connectivity index (χ3v) is 6.58. The van der Waals surface area contributed by atoms with Crippen molar-refractivity contribution in [3.8, 4) is 0 Å². The number of thioether (sulfide) groups is 2. The number of aliphatic carboxylic acids is 2. The minimum absolute atomic E-state index is 0.0546. The summed E-state index contributed by atoms with van der Waals surface area (Å²) in [6, 6.07) is -0.572. The first-order chi connectivity index (χ1) is 14.0. The number of H-pyrrole nitrogens is 1. The zero-order valence-electron chi connectivity index (χ0n) is 14.5. The van der Waals surface area contributed by atoms with E-state index < -0.39 is 24.5 Å². The number of hydrogen-bond acceptors (Lipinski definition) is 10. The second-order valence-electron chi connectivity index (χ2n) is 6.03. The average Bonchev–Trinajstić information content (AvgIpc) is 3.35. The number of carboxylic acids is 2. The molecule has 4 rings (SSSR count). The van der Waals surface area contributed by atoms with Crippen LogP contribution in [0.25, 0.3) is 0 Å². The van der Waals surface area contributed by atoms with Crippen LogP contribution in [0.3, 0.4) is 0 Å². The van der Waals surface area contributed by atoms with E-state index in [-0.39, 0.29) is 27.9 Å². The van der Waals surface area contributed by atoms with Crippen LogP contribution in [0, 0.1) is 0 Å². The first-order valence-electron chi connectivity index (χ1n) is 8.22. The smallest absolute Gasteiger partial charge is 0.352 e. The molecule has 0 radical (unpaired) electrons. The van der Waals surface area contributed by atoms with Gasteiger partial charge < -0.3 is 20.5 Å². The van der Waals surface area contributed by atoms with Crippen molar-refractivity contribution in [1.82, 2.24) is 35.1 Å². The van der Waals surface area contributed by atoms with Crippen LogP contribution in [0.15, 0.2) is 28.8 Å². The molecule has 2 aliphatic rings. The van der Waals surface area contributed by atoms with E-state index in [9.17, 15) is 19.5 Å². The molecule has 15 heteroatoms. The summed E-state index contributed by atoms with van der Waals surface area (Å²) in [5, 5.41) is 32.3. The van der Waals surface area contributed by atoms with Crippen molar-refractivity contribution in [3.63, 3.8) is 0 Å². The van der Waals surface area contributed by atoms with Crippen molar-refractivity contribution in [2.24, 2.45) is 0 Å². The number of hydrogen-bond donors (Lipinski definition) is 4. The number of β-lactam (4-membered cyclic amide) rings is 1. The number of carboxylic acid groups (broad SMARTS) is 2. The molecule has 1 fully saturated rings. The van der Waals surface area contributed by atoms with E-state index in [2.05, 4.69) is 30.8 Å². The van der Waals surface area contributed by atoms with Gasteiger partial charge in [0.25, 0.3) is 5.91 Å². The Labute approximate surface area is 170 Å². The maximum absolute atomic E-state index is 12.6. The Morgan fingerprint density at radius 3 is 2.93 bits per heavy atom. The topological polar surface area (TPSA) is 179 Å². The molecule has 1 unspecified atom stereocenters. The second-order valence-corrected chi connectivity index (χ2v) is 8.08. The van der Waals surface area contributed by atoms with Crippen LogP contribution in [0.2, 0.25) is 0 Å². The van der Waals surface area contributed by atoms with Gasteiger partial charge in [-0.05, 0) is 16.0 Å². The minimum Gasteiger partial charge on any atom is -0.480 e. The van der Waals surface area contributed by atoms with Crippen molar-refractivity contribution in [2.45, 2.75) is 23.1 Å². The Balaban J connectivity index is 1.50. The van der Waals surface area contributed by atoms with Gasteiger partial charge in [-0.1, -0.05) is 11.8 Å². The highest BCUT2D eigenvalue weighted by molar-refractivity contribution is 8.01. The first kappa shape index (κ1) is 19.3. The predicted octanol–water partition coefficient (Wildman–Crippen LogP) is -0.693. The maximum atomic E-state index is 12.6. The molecule has 13 nitrogen and oxygen atoms in total. The lowest BCUT2D eigenvalue weighted by molar-refractivity contribution is -0.147. The fraction of sp³-hybridized carbons (Fsp3) is 0.357. The number of tetrazole rings is 1. The molecule has 0 saturated carbocycles. The Morgan fingerprint density at radius 1 is 1.41 bits per heavy atom. The summed E-state index contributed by atoms with van der Waals surface area (Å²) in [6.45, 7) is -0.401. The average molecular weight is 438 g/mol. The number of rotatable bonds is 8. The second kappa shape index (κ2) is 7.75. The van der Waals surface area contributed by atoms with Crippen LogP contribution < -0.4 is 5.32 Å². The molecular weight excluding hydrogens is 424 g/mol. The van der Waals surface area contributed by atoms with E-state index in [4.69, 9.17) is 5.11 Å². The van der Waals surface area contributed by atoms with Gasteiger partial charge in [-0.3, -0.25) is 14.5 Å². The lowest BCUT2D eigenvalue weighted by Crippen LogP contribution is -2.67. The van der Waals surface area contributed by atoms with Crippen molar-refractivity contribution in [1.29, 1.82) is 0 Å². The summed E-state index contributed by atoms with van der Waals surface area (Å²) in [6.07, 6.45) is 3.17. The third kappa shape index (κ3) is 3.65. The standard InChI is InChI=1S/C14H14N8O5S2/c23-7(24)3-21-14(18-19-20-21)29-5-6-4-28-11-8(17-13-15-1-2-16-13)10(25)22(11)9(6)12(26)27/h1-2,8,11H,3-5H2,(H,23,24)(H,26,27)(H2,15,16,17)/t8?,11-/m1/s1. The molecular formula is C14H14N8O5S2. The molecule has 0 aromatic carbocycles. The summed E-state index contributed by atoms with van der Waals surface area (Å²) in [4.78, 5) is 43.5. The number of carbonyl (C=O) groups is 3. The SMILES string of the molecule is O=C(O)Cn1nnnc1SCC1=C(C(=O)O)N2C(=O)C(Nc3ncc[nH]3)[C@H]2SC1. The molecule has 2 aromatic heterocycles. The van der Waals surface area contributed by atoms with Crippen LogP contribution in [0.5, 0.6) is 0 Å². The van der Waals surface area contributed by atoms with E-state index in [1.54, 1.807) is 12.4 Å². The summed E-state index contributed by atoms with van der Waals surface area (Å²) in [5.74, 6) is -1.59. The number of carbonyl (C=O) groups excluding carboxylic acids is 1. The Morgan fingerprint density at radius 2 is 2.24 bits per heavy atom. The molecule has 2 aliphatic heterocycles. The summed E-state index contributed by atoms with van der Waals surface area (Å²) >= 11 is 2.56. The van der Waals surface area contributed by atoms with Crippen molar-refractivity contribution < 1.29 is 24.6 Å². The number of aromatic amines is 1. The normalized spacial score (nSPS) is 21.0. The van der Waals surface area contributed by atoms with E-state index in [0.29, 0.717) is 17.3 Å². The van der Waals surface area contributed by atoms with Gasteiger partial charge >= 0.3 is 11.9 Å². The van der Waals surface area contributed by atoms with Crippen molar-refractivity contribution >= 4 is 47.3 Å². The molecule has 29 heavy (non-hydrogen) atoms. The van der Waals surface area contributed by atoms with Crippen molar-refractivity contribution in [3.05, 3.63) is 23.7 Å². The fourth-order valence-corrected chi connectivity index (χ4v) is 5.33. The molecule has 2 aromatic rings. The predicted molar refractivity (Wildman–Crippen MR) is 99.9 cm³/mol.